The van der Waals surface area contributed by atoms with Gasteiger partial charge in [-0.2, -0.15) is 9.57 Å². The van der Waals surface area contributed by atoms with Gasteiger partial charge in [-0.1, -0.05) is 61.0 Å². The van der Waals surface area contributed by atoms with E-state index >= 15 is 0 Å². The summed E-state index contributed by atoms with van der Waals surface area (Å²) in [6.07, 6.45) is 6.08. The van der Waals surface area contributed by atoms with E-state index in [1.54, 1.807) is 28.6 Å². The van der Waals surface area contributed by atoms with Gasteiger partial charge in [-0.3, -0.25) is 0 Å². The Morgan fingerprint density at radius 1 is 1.03 bits per heavy atom. The van der Waals surface area contributed by atoms with Gasteiger partial charge in [0.05, 0.1) is 16.3 Å². The maximum absolute atomic E-state index is 13.4. The third kappa shape index (κ3) is 6.68. The van der Waals surface area contributed by atoms with Gasteiger partial charge in [-0.25, -0.2) is 8.42 Å². The molecule has 1 unspecified atom stereocenters. The number of nitrogens with zero attached hydrogens (tertiary/aromatic N) is 3. The number of benzene rings is 2. The second-order valence-corrected chi connectivity index (χ2v) is 13.5. The van der Waals surface area contributed by atoms with Crippen LogP contribution in [-0.2, 0) is 16.6 Å². The summed E-state index contributed by atoms with van der Waals surface area (Å²) in [5.41, 5.74) is 2.06. The molecule has 36 heavy (non-hydrogen) atoms. The van der Waals surface area contributed by atoms with E-state index in [9.17, 15) is 13.7 Å². The first-order valence-electron chi connectivity index (χ1n) is 12.5. The van der Waals surface area contributed by atoms with Crippen molar-refractivity contribution in [2.45, 2.75) is 58.0 Å². The monoisotopic (exact) mass is 567 g/mol. The van der Waals surface area contributed by atoms with Crippen LogP contribution < -0.4 is 4.90 Å². The minimum absolute atomic E-state index is 0.0621. The van der Waals surface area contributed by atoms with Gasteiger partial charge in [0.2, 0.25) is 10.0 Å². The number of hydrogen-bond donors (Lipinski definition) is 0. The van der Waals surface area contributed by atoms with Crippen LogP contribution in [0.4, 0.5) is 5.69 Å². The van der Waals surface area contributed by atoms with Crippen LogP contribution in [0.25, 0.3) is 0 Å². The molecule has 5 nitrogen and oxygen atoms in total. The molecule has 2 fully saturated rings. The van der Waals surface area contributed by atoms with Crippen molar-refractivity contribution in [3.05, 3.63) is 62.6 Å². The van der Waals surface area contributed by atoms with Crippen molar-refractivity contribution in [3.63, 3.8) is 0 Å². The van der Waals surface area contributed by atoms with Crippen molar-refractivity contribution in [1.29, 1.82) is 5.26 Å². The zero-order valence-electron chi connectivity index (χ0n) is 20.5. The molecule has 9 heteroatoms. The Hall–Kier alpha value is -1.49. The molecular weight excluding hydrogens is 537 g/mol. The summed E-state index contributed by atoms with van der Waals surface area (Å²) in [6, 6.07) is 12.7. The van der Waals surface area contributed by atoms with Crippen LogP contribution in [0.2, 0.25) is 15.1 Å². The fourth-order valence-corrected chi connectivity index (χ4v) is 7.92. The number of hydrogen-bond acceptors (Lipinski definition) is 4. The zero-order chi connectivity index (χ0) is 25.9. The lowest BCUT2D eigenvalue weighted by molar-refractivity contribution is 0.436. The van der Waals surface area contributed by atoms with Crippen LogP contribution in [0.3, 0.4) is 0 Å². The first kappa shape index (κ1) is 27.5. The molecule has 1 heterocycles. The number of rotatable bonds is 7. The second kappa shape index (κ2) is 11.9. The molecule has 0 N–H and O–H groups in total. The topological polar surface area (TPSA) is 64.4 Å². The summed E-state index contributed by atoms with van der Waals surface area (Å²) in [5.74, 6) is 1.15. The highest BCUT2D eigenvalue weighted by atomic mass is 35.5. The molecule has 0 radical (unpaired) electrons. The molecule has 2 aromatic rings. The van der Waals surface area contributed by atoms with E-state index in [0.29, 0.717) is 52.6 Å². The summed E-state index contributed by atoms with van der Waals surface area (Å²) in [7, 11) is -3.36. The van der Waals surface area contributed by atoms with Gasteiger partial charge in [0.15, 0.2) is 0 Å². The predicted octanol–water partition coefficient (Wildman–Crippen LogP) is 7.15. The first-order chi connectivity index (χ1) is 17.2. The van der Waals surface area contributed by atoms with Crippen molar-refractivity contribution in [2.75, 3.05) is 23.7 Å². The molecule has 1 aliphatic heterocycles. The summed E-state index contributed by atoms with van der Waals surface area (Å²) in [5, 5.41) is 10.8. The Kier molecular flexibility index (Phi) is 9.12. The molecule has 0 bridgehead atoms. The molecule has 2 aromatic carbocycles. The molecule has 4 rings (SSSR count). The third-order valence-corrected chi connectivity index (χ3v) is 10.5. The van der Waals surface area contributed by atoms with Crippen molar-refractivity contribution >= 4 is 50.5 Å². The molecule has 0 spiro atoms. The van der Waals surface area contributed by atoms with Crippen molar-refractivity contribution < 1.29 is 8.42 Å². The molecule has 194 valence electrons. The summed E-state index contributed by atoms with van der Waals surface area (Å²) in [6.45, 7) is 3.60. The van der Waals surface area contributed by atoms with Crippen molar-refractivity contribution in [1.82, 2.24) is 4.31 Å². The Labute approximate surface area is 230 Å². The summed E-state index contributed by atoms with van der Waals surface area (Å²) in [4.78, 5) is 2.13. The van der Waals surface area contributed by atoms with Crippen LogP contribution in [0.5, 0.6) is 0 Å². The summed E-state index contributed by atoms with van der Waals surface area (Å²) >= 11 is 19.1. The van der Waals surface area contributed by atoms with Gasteiger partial charge in [0.25, 0.3) is 0 Å². The van der Waals surface area contributed by atoms with Crippen LogP contribution in [0, 0.1) is 23.2 Å². The minimum atomic E-state index is -3.36. The fraction of sp³-hybridized carbons (Fsp3) is 0.519. The molecular formula is C27H32Cl3N3O2S. The van der Waals surface area contributed by atoms with E-state index in [1.807, 2.05) is 12.1 Å². The molecule has 1 saturated carbocycles. The van der Waals surface area contributed by atoms with Gasteiger partial charge in [0.1, 0.15) is 6.07 Å². The quantitative estimate of drug-likeness (QED) is 0.333. The average molecular weight is 569 g/mol. The van der Waals surface area contributed by atoms with E-state index in [1.165, 1.54) is 6.42 Å². The molecule has 3 atom stereocenters. The Morgan fingerprint density at radius 3 is 2.58 bits per heavy atom. The van der Waals surface area contributed by atoms with Gasteiger partial charge in [0, 0.05) is 41.4 Å². The fourth-order valence-electron chi connectivity index (χ4n) is 5.40. The maximum Gasteiger partial charge on any atom is 0.214 e. The molecule has 1 aliphatic carbocycles. The molecule has 0 amide bonds. The average Bonchev–Trinajstić information content (AvgIpc) is 3.25. The van der Waals surface area contributed by atoms with Crippen molar-refractivity contribution in [2.24, 2.45) is 11.8 Å². The minimum Gasteiger partial charge on any atom is -0.363 e. The number of sulfonamides is 1. The summed E-state index contributed by atoms with van der Waals surface area (Å²) < 4.78 is 28.5. The highest BCUT2D eigenvalue weighted by molar-refractivity contribution is 7.89. The molecule has 1 saturated heterocycles. The van der Waals surface area contributed by atoms with Crippen molar-refractivity contribution in [3.8, 4) is 6.07 Å². The van der Waals surface area contributed by atoms with Gasteiger partial charge >= 0.3 is 0 Å². The Balaban J connectivity index is 1.55. The number of nitriles is 1. The molecule has 2 aliphatic rings. The van der Waals surface area contributed by atoms with E-state index in [0.717, 1.165) is 36.9 Å². The Bertz CT molecular complexity index is 1230. The lowest BCUT2D eigenvalue weighted by Gasteiger charge is -2.32. The number of anilines is 1. The van der Waals surface area contributed by atoms with E-state index in [4.69, 9.17) is 34.8 Å². The van der Waals surface area contributed by atoms with E-state index in [-0.39, 0.29) is 17.7 Å². The van der Waals surface area contributed by atoms with Crippen LogP contribution in [0.15, 0.2) is 36.4 Å². The Morgan fingerprint density at radius 2 is 1.83 bits per heavy atom. The van der Waals surface area contributed by atoms with Gasteiger partial charge in [-0.05, 0) is 73.1 Å². The predicted molar refractivity (Wildman–Crippen MR) is 148 cm³/mol. The smallest absolute Gasteiger partial charge is 0.214 e. The van der Waals surface area contributed by atoms with Crippen LogP contribution in [0.1, 0.15) is 56.6 Å². The van der Waals surface area contributed by atoms with Crippen LogP contribution >= 0.6 is 34.8 Å². The normalized spacial score (nSPS) is 23.2. The van der Waals surface area contributed by atoms with E-state index < -0.39 is 10.0 Å². The highest BCUT2D eigenvalue weighted by Gasteiger charge is 2.36. The standard InChI is InChI=1S/C27H32Cl3N3O2S/c1-19-3-2-4-20(6-5-19)18-36(34,35)32-12-11-25(17-32)33(16-22-13-23(28)8-10-26(22)29)24-9-7-21(15-31)27(30)14-24/h7-10,13-14,19-20,25H,2-6,11-12,16-18H2,1H3/t19-,20?,25+/m1/s1. The van der Waals surface area contributed by atoms with E-state index in [2.05, 4.69) is 17.9 Å². The SMILES string of the molecule is C[C@@H]1CCCC(CS(=O)(=O)N2CC[C@H](N(Cc3cc(Cl)ccc3Cl)c3ccc(C#N)c(Cl)c3)C2)CC1. The van der Waals surface area contributed by atoms with Gasteiger partial charge in [-0.15, -0.1) is 0 Å². The van der Waals surface area contributed by atoms with Crippen LogP contribution in [-0.4, -0.2) is 37.6 Å². The second-order valence-electron chi connectivity index (χ2n) is 10.2. The lowest BCUT2D eigenvalue weighted by atomic mass is 10.0. The largest absolute Gasteiger partial charge is 0.363 e. The first-order valence-corrected chi connectivity index (χ1v) is 15.3. The molecule has 0 aromatic heterocycles. The van der Waals surface area contributed by atoms with Gasteiger partial charge < -0.3 is 4.90 Å². The zero-order valence-corrected chi connectivity index (χ0v) is 23.6. The maximum atomic E-state index is 13.4. The third-order valence-electron chi connectivity index (χ3n) is 7.54. The lowest BCUT2D eigenvalue weighted by Crippen LogP contribution is -2.40. The number of halogens is 3. The highest BCUT2D eigenvalue weighted by Crippen LogP contribution is 2.33.